The minimum absolute atomic E-state index is 0.0889. The molecule has 4 nitrogen and oxygen atoms in total. The van der Waals surface area contributed by atoms with E-state index in [9.17, 15) is 9.59 Å². The average molecular weight is 379 g/mol. The van der Waals surface area contributed by atoms with Crippen molar-refractivity contribution in [1.82, 2.24) is 0 Å². The van der Waals surface area contributed by atoms with E-state index in [4.69, 9.17) is 4.74 Å². The number of nitrogens with zero attached hydrogens (tertiary/aromatic N) is 1. The van der Waals surface area contributed by atoms with Crippen LogP contribution in [-0.4, -0.2) is 30.3 Å². The topological polar surface area (TPSA) is 46.6 Å². The lowest BCUT2D eigenvalue weighted by Gasteiger charge is -2.34. The van der Waals surface area contributed by atoms with Crippen molar-refractivity contribution in [3.05, 3.63) is 72.3 Å². The van der Waals surface area contributed by atoms with Crippen LogP contribution in [0.5, 0.6) is 0 Å². The van der Waals surface area contributed by atoms with Crippen LogP contribution in [0.1, 0.15) is 6.92 Å². The van der Waals surface area contributed by atoms with E-state index in [1.165, 1.54) is 4.90 Å². The van der Waals surface area contributed by atoms with Crippen LogP contribution in [0, 0.1) is 11.8 Å². The molecule has 0 spiro atoms. The van der Waals surface area contributed by atoms with Gasteiger partial charge in [-0.15, -0.1) is 11.8 Å². The number of ether oxygens (including phenoxy) is 1. The molecule has 0 unspecified atom stereocenters. The van der Waals surface area contributed by atoms with Gasteiger partial charge in [-0.2, -0.15) is 0 Å². The first kappa shape index (κ1) is 18.0. The van der Waals surface area contributed by atoms with Crippen LogP contribution in [0.25, 0.3) is 0 Å². The first-order valence-corrected chi connectivity index (χ1v) is 9.85. The second kappa shape index (κ2) is 7.33. The molecule has 138 valence electrons. The number of fused-ring (bicyclic) bond motifs is 1. The van der Waals surface area contributed by atoms with Gasteiger partial charge in [-0.05, 0) is 31.2 Å². The van der Waals surface area contributed by atoms with Crippen LogP contribution in [0.4, 0.5) is 5.69 Å². The Hall–Kier alpha value is -2.37. The molecule has 1 saturated heterocycles. The maximum absolute atomic E-state index is 13.4. The maximum Gasteiger partial charge on any atom is 0.240 e. The number of imide groups is 1. The van der Waals surface area contributed by atoms with Crippen LogP contribution in [-0.2, 0) is 14.3 Å². The van der Waals surface area contributed by atoms with Crippen LogP contribution in [0.3, 0.4) is 0 Å². The largest absolute Gasteiger partial charge is 0.377 e. The summed E-state index contributed by atoms with van der Waals surface area (Å²) in [6.07, 6.45) is 1.62. The molecule has 2 aliphatic rings. The fourth-order valence-electron chi connectivity index (χ4n) is 3.98. The van der Waals surface area contributed by atoms with Gasteiger partial charge in [0.1, 0.15) is 0 Å². The molecule has 0 bridgehead atoms. The number of amides is 2. The number of para-hydroxylation sites is 1. The summed E-state index contributed by atoms with van der Waals surface area (Å²) < 4.78 is 5.59. The van der Waals surface area contributed by atoms with Crippen LogP contribution < -0.4 is 4.90 Å². The predicted molar refractivity (Wildman–Crippen MR) is 107 cm³/mol. The van der Waals surface area contributed by atoms with Gasteiger partial charge in [-0.25, -0.2) is 4.90 Å². The van der Waals surface area contributed by atoms with Crippen molar-refractivity contribution in [2.75, 3.05) is 12.0 Å². The summed E-state index contributed by atoms with van der Waals surface area (Å²) in [5, 5.41) is -0.0889. The number of carbonyl (C=O) groups excluding carboxylic acids is 2. The molecule has 4 rings (SSSR count). The zero-order chi connectivity index (χ0) is 19.0. The number of hydrogen-bond donors (Lipinski definition) is 0. The lowest BCUT2D eigenvalue weighted by molar-refractivity contribution is -0.124. The van der Waals surface area contributed by atoms with Gasteiger partial charge >= 0.3 is 0 Å². The third-order valence-corrected chi connectivity index (χ3v) is 6.71. The first-order valence-electron chi connectivity index (χ1n) is 8.97. The molecule has 1 aliphatic carbocycles. The smallest absolute Gasteiger partial charge is 0.240 e. The minimum Gasteiger partial charge on any atom is -0.377 e. The highest BCUT2D eigenvalue weighted by Crippen LogP contribution is 2.47. The molecule has 0 aromatic heterocycles. The van der Waals surface area contributed by atoms with Crippen LogP contribution >= 0.6 is 11.8 Å². The fourth-order valence-corrected chi connectivity index (χ4v) is 5.28. The summed E-state index contributed by atoms with van der Waals surface area (Å²) in [5.74, 6) is -1.24. The Kier molecular flexibility index (Phi) is 4.89. The predicted octanol–water partition coefficient (Wildman–Crippen LogP) is 3.93. The first-order chi connectivity index (χ1) is 13.1. The Morgan fingerprint density at radius 1 is 0.889 bits per heavy atom. The van der Waals surface area contributed by atoms with Gasteiger partial charge in [-0.3, -0.25) is 9.59 Å². The maximum atomic E-state index is 13.4. The van der Waals surface area contributed by atoms with Crippen LogP contribution in [0.2, 0.25) is 0 Å². The van der Waals surface area contributed by atoms with Gasteiger partial charge in [-0.1, -0.05) is 48.0 Å². The molecule has 2 amide bonds. The lowest BCUT2D eigenvalue weighted by Crippen LogP contribution is -2.41. The molecule has 5 heteroatoms. The number of thioether (sulfide) groups is 1. The van der Waals surface area contributed by atoms with Gasteiger partial charge in [0, 0.05) is 17.3 Å². The van der Waals surface area contributed by atoms with E-state index in [1.807, 2.05) is 61.5 Å². The highest BCUT2D eigenvalue weighted by atomic mass is 32.2. The molecular formula is C22H21NO3S. The highest BCUT2D eigenvalue weighted by Gasteiger charge is 2.56. The van der Waals surface area contributed by atoms with Gasteiger partial charge in [0.05, 0.1) is 23.6 Å². The van der Waals surface area contributed by atoms with Gasteiger partial charge in [0.15, 0.2) is 0 Å². The number of hydrogen-bond acceptors (Lipinski definition) is 4. The monoisotopic (exact) mass is 379 g/mol. The van der Waals surface area contributed by atoms with E-state index < -0.39 is 11.8 Å². The van der Waals surface area contributed by atoms with Crippen molar-refractivity contribution in [1.29, 1.82) is 0 Å². The molecule has 1 aliphatic heterocycles. The quantitative estimate of drug-likeness (QED) is 0.597. The lowest BCUT2D eigenvalue weighted by atomic mass is 9.79. The van der Waals surface area contributed by atoms with Crippen molar-refractivity contribution in [2.45, 2.75) is 23.2 Å². The van der Waals surface area contributed by atoms with E-state index in [1.54, 1.807) is 31.0 Å². The molecule has 1 heterocycles. The third kappa shape index (κ3) is 3.11. The number of benzene rings is 2. The summed E-state index contributed by atoms with van der Waals surface area (Å²) >= 11 is 1.64. The fraction of sp³-hybridized carbons (Fsp3) is 0.273. The van der Waals surface area contributed by atoms with E-state index >= 15 is 0 Å². The zero-order valence-corrected chi connectivity index (χ0v) is 16.1. The number of rotatable bonds is 4. The zero-order valence-electron chi connectivity index (χ0n) is 15.2. The second-order valence-corrected chi connectivity index (χ2v) is 8.08. The van der Waals surface area contributed by atoms with E-state index in [0.29, 0.717) is 5.69 Å². The minimum atomic E-state index is -0.493. The summed E-state index contributed by atoms with van der Waals surface area (Å²) in [6, 6.07) is 19.2. The van der Waals surface area contributed by atoms with E-state index in [0.717, 1.165) is 10.5 Å². The Morgan fingerprint density at radius 2 is 1.48 bits per heavy atom. The van der Waals surface area contributed by atoms with Crippen molar-refractivity contribution in [3.8, 4) is 0 Å². The Balaban J connectivity index is 1.74. The molecule has 0 saturated carbocycles. The Morgan fingerprint density at radius 3 is 2.11 bits per heavy atom. The summed E-state index contributed by atoms with van der Waals surface area (Å²) in [5.41, 5.74) is 1.70. The van der Waals surface area contributed by atoms with Crippen molar-refractivity contribution in [3.63, 3.8) is 0 Å². The molecule has 2 aromatic carbocycles. The number of carbonyl (C=O) groups is 2. The average Bonchev–Trinajstić information content (AvgIpc) is 2.96. The highest BCUT2D eigenvalue weighted by molar-refractivity contribution is 8.00. The van der Waals surface area contributed by atoms with Crippen LogP contribution in [0.15, 0.2) is 77.2 Å². The molecule has 0 N–H and O–H groups in total. The third-order valence-electron chi connectivity index (χ3n) is 5.25. The molecule has 1 fully saturated rings. The Bertz CT molecular complexity index is 881. The van der Waals surface area contributed by atoms with Gasteiger partial charge < -0.3 is 4.74 Å². The van der Waals surface area contributed by atoms with E-state index in [-0.39, 0.29) is 23.2 Å². The van der Waals surface area contributed by atoms with E-state index in [2.05, 4.69) is 0 Å². The van der Waals surface area contributed by atoms with Gasteiger partial charge in [0.25, 0.3) is 0 Å². The number of methoxy groups -OCH3 is 1. The molecule has 4 atom stereocenters. The van der Waals surface area contributed by atoms with Crippen molar-refractivity contribution in [2.24, 2.45) is 11.8 Å². The normalized spacial score (nSPS) is 27.5. The summed E-state index contributed by atoms with van der Waals surface area (Å²) in [7, 11) is 1.60. The molecular weight excluding hydrogens is 358 g/mol. The molecule has 27 heavy (non-hydrogen) atoms. The standard InChI is InChI=1S/C22H21NO3S/c1-14-13-17(26-2)18-19(20(14)27-16-11-7-4-8-12-16)22(25)23(21(18)24)15-9-5-3-6-10-15/h3-13,17-20H,1-2H3/t17-,18-,19-,20+/m1/s1. The molecule has 2 aromatic rings. The second-order valence-electron chi connectivity index (χ2n) is 6.86. The summed E-state index contributed by atoms with van der Waals surface area (Å²) in [6.45, 7) is 2.02. The van der Waals surface area contributed by atoms with Crippen molar-refractivity contribution < 1.29 is 14.3 Å². The van der Waals surface area contributed by atoms with Gasteiger partial charge in [0.2, 0.25) is 11.8 Å². The number of anilines is 1. The van der Waals surface area contributed by atoms with Crippen molar-refractivity contribution >= 4 is 29.3 Å². The summed E-state index contributed by atoms with van der Waals surface area (Å²) in [4.78, 5) is 29.0. The SMILES string of the molecule is CO[C@@H]1C=C(C)[C@H](Sc2ccccc2)[C@@H]2C(=O)N(c3ccccc3)C(=O)[C@@H]21. The Labute approximate surface area is 163 Å². The molecule has 0 radical (unpaired) electrons.